The van der Waals surface area contributed by atoms with Crippen LogP contribution in [0.3, 0.4) is 0 Å². The van der Waals surface area contributed by atoms with Gasteiger partial charge in [0.25, 0.3) is 11.8 Å². The smallest absolute Gasteiger partial charge is 0.355 e. The van der Waals surface area contributed by atoms with Gasteiger partial charge in [0.1, 0.15) is 5.54 Å². The molecule has 1 heterocycles. The highest BCUT2D eigenvalue weighted by molar-refractivity contribution is 6.09. The number of imide groups is 1. The minimum absolute atomic E-state index is 0.174. The standard InChI is InChI=1S/C24H19F3N4O3/c1-23(21(33)30-22(34)31-23)14-6-4-9-17(12-14)29-20(32)18-10-2-3-11-19(18)28-16-8-5-7-15(13-16)24(25,26)27/h2-13,28H,1H3,(H,29,32)(H2,30,31,33,34). The van der Waals surface area contributed by atoms with Crippen molar-refractivity contribution in [3.05, 3.63) is 89.5 Å². The third-order valence-electron chi connectivity index (χ3n) is 5.38. The third kappa shape index (κ3) is 4.56. The van der Waals surface area contributed by atoms with Crippen LogP contribution in [0.5, 0.6) is 0 Å². The van der Waals surface area contributed by atoms with Gasteiger partial charge >= 0.3 is 12.2 Å². The lowest BCUT2D eigenvalue weighted by Crippen LogP contribution is -2.40. The molecular formula is C24H19F3N4O3. The fourth-order valence-electron chi connectivity index (χ4n) is 3.57. The average Bonchev–Trinajstić information content (AvgIpc) is 3.06. The van der Waals surface area contributed by atoms with Crippen molar-refractivity contribution < 1.29 is 27.6 Å². The maximum absolute atomic E-state index is 13.0. The molecule has 1 aliphatic heterocycles. The molecule has 3 aromatic rings. The predicted molar refractivity (Wildman–Crippen MR) is 120 cm³/mol. The molecule has 4 rings (SSSR count). The van der Waals surface area contributed by atoms with E-state index in [-0.39, 0.29) is 11.3 Å². The highest BCUT2D eigenvalue weighted by atomic mass is 19.4. The van der Waals surface area contributed by atoms with Gasteiger partial charge in [-0.3, -0.25) is 14.9 Å². The van der Waals surface area contributed by atoms with Crippen molar-refractivity contribution in [1.29, 1.82) is 0 Å². The zero-order chi connectivity index (χ0) is 24.5. The molecule has 0 radical (unpaired) electrons. The topological polar surface area (TPSA) is 99.3 Å². The van der Waals surface area contributed by atoms with Crippen LogP contribution in [0.25, 0.3) is 0 Å². The number of alkyl halides is 3. The van der Waals surface area contributed by atoms with Crippen molar-refractivity contribution in [2.24, 2.45) is 0 Å². The normalized spacial score (nSPS) is 17.6. The van der Waals surface area contributed by atoms with E-state index in [0.29, 0.717) is 16.9 Å². The number of carbonyl (C=O) groups excluding carboxylic acids is 3. The molecule has 1 fully saturated rings. The first-order valence-electron chi connectivity index (χ1n) is 10.1. The van der Waals surface area contributed by atoms with E-state index in [1.165, 1.54) is 18.2 Å². The van der Waals surface area contributed by atoms with Gasteiger partial charge < -0.3 is 16.0 Å². The Hall–Kier alpha value is -4.34. The molecule has 1 atom stereocenters. The Morgan fingerprint density at radius 2 is 1.62 bits per heavy atom. The molecule has 0 aliphatic carbocycles. The zero-order valence-electron chi connectivity index (χ0n) is 17.8. The number of amides is 4. The van der Waals surface area contributed by atoms with Crippen molar-refractivity contribution in [1.82, 2.24) is 10.6 Å². The Bertz CT molecular complexity index is 1290. The number of urea groups is 1. The Labute approximate surface area is 192 Å². The van der Waals surface area contributed by atoms with E-state index in [1.54, 1.807) is 49.4 Å². The van der Waals surface area contributed by atoms with Crippen LogP contribution in [0.2, 0.25) is 0 Å². The largest absolute Gasteiger partial charge is 0.416 e. The van der Waals surface area contributed by atoms with Gasteiger partial charge in [-0.2, -0.15) is 13.2 Å². The molecule has 1 unspecified atom stereocenters. The number of anilines is 3. The van der Waals surface area contributed by atoms with Crippen LogP contribution in [0.1, 0.15) is 28.4 Å². The molecule has 0 bridgehead atoms. The van der Waals surface area contributed by atoms with E-state index in [1.807, 2.05) is 0 Å². The average molecular weight is 468 g/mol. The molecule has 4 amide bonds. The van der Waals surface area contributed by atoms with Gasteiger partial charge in [-0.15, -0.1) is 0 Å². The highest BCUT2D eigenvalue weighted by Gasteiger charge is 2.43. The molecular weight excluding hydrogens is 449 g/mol. The maximum atomic E-state index is 13.0. The minimum Gasteiger partial charge on any atom is -0.355 e. The molecule has 0 saturated carbocycles. The van der Waals surface area contributed by atoms with Crippen molar-refractivity contribution in [2.75, 3.05) is 10.6 Å². The van der Waals surface area contributed by atoms with E-state index in [2.05, 4.69) is 21.3 Å². The van der Waals surface area contributed by atoms with E-state index in [9.17, 15) is 27.6 Å². The van der Waals surface area contributed by atoms with Crippen LogP contribution < -0.4 is 21.3 Å². The summed E-state index contributed by atoms with van der Waals surface area (Å²) in [6, 6.07) is 16.9. The minimum atomic E-state index is -4.49. The summed E-state index contributed by atoms with van der Waals surface area (Å²) in [5.41, 5.74) is -0.592. The Morgan fingerprint density at radius 1 is 0.912 bits per heavy atom. The Balaban J connectivity index is 1.57. The van der Waals surface area contributed by atoms with Gasteiger partial charge in [-0.1, -0.05) is 30.3 Å². The van der Waals surface area contributed by atoms with Crippen LogP contribution in [0.4, 0.5) is 35.0 Å². The van der Waals surface area contributed by atoms with Crippen molar-refractivity contribution >= 4 is 34.9 Å². The van der Waals surface area contributed by atoms with Crippen LogP contribution in [-0.4, -0.2) is 17.8 Å². The number of benzene rings is 3. The van der Waals surface area contributed by atoms with Gasteiger partial charge in [0.2, 0.25) is 0 Å². The summed E-state index contributed by atoms with van der Waals surface area (Å²) in [6.07, 6.45) is -4.49. The molecule has 174 valence electrons. The molecule has 10 heteroatoms. The summed E-state index contributed by atoms with van der Waals surface area (Å²) in [5.74, 6) is -1.03. The number of hydrogen-bond acceptors (Lipinski definition) is 4. The van der Waals surface area contributed by atoms with Gasteiger partial charge in [0.15, 0.2) is 0 Å². The Morgan fingerprint density at radius 3 is 2.32 bits per heavy atom. The predicted octanol–water partition coefficient (Wildman–Crippen LogP) is 4.76. The quantitative estimate of drug-likeness (QED) is 0.406. The van der Waals surface area contributed by atoms with E-state index in [4.69, 9.17) is 0 Å². The van der Waals surface area contributed by atoms with Gasteiger partial charge in [0.05, 0.1) is 16.8 Å². The molecule has 0 aromatic heterocycles. The molecule has 4 N–H and O–H groups in total. The fourth-order valence-corrected chi connectivity index (χ4v) is 3.57. The number of para-hydroxylation sites is 1. The number of hydrogen-bond donors (Lipinski definition) is 4. The second-order valence-electron chi connectivity index (χ2n) is 7.82. The second kappa shape index (κ2) is 8.54. The highest BCUT2D eigenvalue weighted by Crippen LogP contribution is 2.32. The number of carbonyl (C=O) groups is 3. The summed E-state index contributed by atoms with van der Waals surface area (Å²) in [6.45, 7) is 1.54. The van der Waals surface area contributed by atoms with Crippen LogP contribution in [0.15, 0.2) is 72.8 Å². The van der Waals surface area contributed by atoms with Crippen molar-refractivity contribution in [3.8, 4) is 0 Å². The van der Waals surface area contributed by atoms with E-state index in [0.717, 1.165) is 12.1 Å². The first kappa shape index (κ1) is 22.8. The summed E-state index contributed by atoms with van der Waals surface area (Å²) >= 11 is 0. The van der Waals surface area contributed by atoms with Crippen LogP contribution in [-0.2, 0) is 16.5 Å². The van der Waals surface area contributed by atoms with Gasteiger partial charge in [0, 0.05) is 11.4 Å². The summed E-state index contributed by atoms with van der Waals surface area (Å²) < 4.78 is 39.1. The number of rotatable bonds is 5. The number of halogens is 3. The van der Waals surface area contributed by atoms with E-state index < -0.39 is 35.1 Å². The number of nitrogens with one attached hydrogen (secondary N) is 4. The molecule has 34 heavy (non-hydrogen) atoms. The van der Waals surface area contributed by atoms with Gasteiger partial charge in [-0.25, -0.2) is 4.79 Å². The molecule has 0 spiro atoms. The molecule has 1 aliphatic rings. The summed E-state index contributed by atoms with van der Waals surface area (Å²) in [5, 5.41) is 10.3. The van der Waals surface area contributed by atoms with E-state index >= 15 is 0 Å². The molecule has 3 aromatic carbocycles. The summed E-state index contributed by atoms with van der Waals surface area (Å²) in [7, 11) is 0. The summed E-state index contributed by atoms with van der Waals surface area (Å²) in [4.78, 5) is 36.8. The second-order valence-corrected chi connectivity index (χ2v) is 7.82. The van der Waals surface area contributed by atoms with Gasteiger partial charge in [-0.05, 0) is 55.0 Å². The lowest BCUT2D eigenvalue weighted by Gasteiger charge is -2.22. The maximum Gasteiger partial charge on any atom is 0.416 e. The third-order valence-corrected chi connectivity index (χ3v) is 5.38. The Kier molecular flexibility index (Phi) is 5.74. The van der Waals surface area contributed by atoms with Crippen molar-refractivity contribution in [3.63, 3.8) is 0 Å². The molecule has 1 saturated heterocycles. The first-order chi connectivity index (χ1) is 16.1. The van der Waals surface area contributed by atoms with Crippen LogP contribution in [0, 0.1) is 0 Å². The first-order valence-corrected chi connectivity index (χ1v) is 10.1. The zero-order valence-corrected chi connectivity index (χ0v) is 17.8. The SMILES string of the molecule is CC1(c2cccc(NC(=O)c3ccccc3Nc3cccc(C(F)(F)F)c3)c2)NC(=O)NC1=O. The van der Waals surface area contributed by atoms with Crippen molar-refractivity contribution in [2.45, 2.75) is 18.6 Å². The monoisotopic (exact) mass is 468 g/mol. The lowest BCUT2D eigenvalue weighted by atomic mass is 9.92. The molecule has 7 nitrogen and oxygen atoms in total. The lowest BCUT2D eigenvalue weighted by molar-refractivity contribution is -0.137. The fraction of sp³-hybridized carbons (Fsp3) is 0.125. The van der Waals surface area contributed by atoms with Crippen LogP contribution >= 0.6 is 0 Å².